The molecule has 4 rings (SSSR count). The van der Waals surface area contributed by atoms with E-state index in [1.54, 1.807) is 6.08 Å². The fraction of sp³-hybridized carbons (Fsp3) is 0.261. The maximum absolute atomic E-state index is 12.2. The monoisotopic (exact) mass is 422 g/mol. The molecular formula is C23H22N2O4S. The third kappa shape index (κ3) is 4.26. The van der Waals surface area contributed by atoms with Crippen LogP contribution in [0.15, 0.2) is 58.4 Å². The number of benzene rings is 2. The summed E-state index contributed by atoms with van der Waals surface area (Å²) in [5.41, 5.74) is 2.02. The van der Waals surface area contributed by atoms with Crippen molar-refractivity contribution in [2.24, 2.45) is 10.9 Å². The maximum Gasteiger partial charge on any atom is 0.310 e. The Labute approximate surface area is 179 Å². The van der Waals surface area contributed by atoms with Gasteiger partial charge in [-0.15, -0.1) is 0 Å². The second-order valence-corrected chi connectivity index (χ2v) is 8.62. The zero-order valence-corrected chi connectivity index (χ0v) is 17.6. The van der Waals surface area contributed by atoms with E-state index in [1.165, 1.54) is 11.8 Å². The molecular weight excluding hydrogens is 400 g/mol. The van der Waals surface area contributed by atoms with E-state index < -0.39 is 5.97 Å². The van der Waals surface area contributed by atoms with Crippen molar-refractivity contribution >= 4 is 34.9 Å². The first kappa shape index (κ1) is 20.2. The highest BCUT2D eigenvalue weighted by atomic mass is 32.2. The summed E-state index contributed by atoms with van der Waals surface area (Å²) >= 11 is 1.29. The Bertz CT molecular complexity index is 1040. The van der Waals surface area contributed by atoms with Crippen LogP contribution in [-0.4, -0.2) is 40.1 Å². The highest BCUT2D eigenvalue weighted by molar-refractivity contribution is 8.18. The normalized spacial score (nSPS) is 18.0. The number of amides is 1. The Morgan fingerprint density at radius 1 is 1.20 bits per heavy atom. The van der Waals surface area contributed by atoms with Crippen LogP contribution < -0.4 is 4.74 Å². The smallest absolute Gasteiger partial charge is 0.310 e. The zero-order valence-electron chi connectivity index (χ0n) is 16.7. The van der Waals surface area contributed by atoms with Crippen LogP contribution in [-0.2, 0) is 9.59 Å². The average Bonchev–Trinajstić information content (AvgIpc) is 3.02. The lowest BCUT2D eigenvalue weighted by molar-refractivity contribution is -0.145. The van der Waals surface area contributed by atoms with E-state index in [0.717, 1.165) is 22.6 Å². The van der Waals surface area contributed by atoms with Gasteiger partial charge in [0.05, 0.1) is 10.8 Å². The van der Waals surface area contributed by atoms with E-state index in [1.807, 2.05) is 47.4 Å². The Morgan fingerprint density at radius 3 is 2.57 bits per heavy atom. The topological polar surface area (TPSA) is 79.2 Å². The van der Waals surface area contributed by atoms with Crippen LogP contribution in [0.5, 0.6) is 11.5 Å². The van der Waals surface area contributed by atoms with E-state index >= 15 is 0 Å². The van der Waals surface area contributed by atoms with Gasteiger partial charge in [-0.3, -0.25) is 9.59 Å². The van der Waals surface area contributed by atoms with Crippen molar-refractivity contribution in [2.75, 3.05) is 13.1 Å². The van der Waals surface area contributed by atoms with Gasteiger partial charge in [0.2, 0.25) is 0 Å². The van der Waals surface area contributed by atoms with Crippen LogP contribution in [0.2, 0.25) is 0 Å². The number of carboxylic acids is 1. The van der Waals surface area contributed by atoms with Crippen molar-refractivity contribution in [3.63, 3.8) is 0 Å². The van der Waals surface area contributed by atoms with Gasteiger partial charge in [-0.2, -0.15) is 4.99 Å². The molecule has 2 heterocycles. The van der Waals surface area contributed by atoms with E-state index in [-0.39, 0.29) is 11.8 Å². The van der Waals surface area contributed by atoms with Crippen molar-refractivity contribution < 1.29 is 19.4 Å². The first-order valence-corrected chi connectivity index (χ1v) is 10.6. The highest BCUT2D eigenvalue weighted by Gasteiger charge is 2.37. The van der Waals surface area contributed by atoms with Gasteiger partial charge in [0, 0.05) is 13.1 Å². The summed E-state index contributed by atoms with van der Waals surface area (Å²) in [6.07, 6.45) is 1.80. The quantitative estimate of drug-likeness (QED) is 0.710. The van der Waals surface area contributed by atoms with Gasteiger partial charge >= 0.3 is 5.97 Å². The molecule has 0 aromatic heterocycles. The molecule has 0 aliphatic carbocycles. The minimum atomic E-state index is -0.810. The summed E-state index contributed by atoms with van der Waals surface area (Å²) in [5, 5.41) is 9.57. The highest BCUT2D eigenvalue weighted by Crippen LogP contribution is 2.34. The summed E-state index contributed by atoms with van der Waals surface area (Å²) in [6, 6.07) is 15.5. The lowest BCUT2D eigenvalue weighted by Crippen LogP contribution is -2.51. The zero-order chi connectivity index (χ0) is 21.3. The molecule has 1 saturated heterocycles. The maximum atomic E-state index is 12.2. The molecule has 0 unspecified atom stereocenters. The second kappa shape index (κ2) is 8.36. The lowest BCUT2D eigenvalue weighted by atomic mass is 10.0. The molecule has 0 bridgehead atoms. The first-order chi connectivity index (χ1) is 14.4. The molecule has 7 heteroatoms. The van der Waals surface area contributed by atoms with E-state index in [4.69, 9.17) is 9.84 Å². The summed E-state index contributed by atoms with van der Waals surface area (Å²) in [7, 11) is 0. The Hall–Kier alpha value is -3.06. The van der Waals surface area contributed by atoms with Crippen LogP contribution >= 0.6 is 11.8 Å². The van der Waals surface area contributed by atoms with E-state index in [9.17, 15) is 9.59 Å². The van der Waals surface area contributed by atoms with Gasteiger partial charge in [0.25, 0.3) is 5.91 Å². The number of likely N-dealkylation sites (tertiary alicyclic amines) is 1. The molecule has 1 fully saturated rings. The van der Waals surface area contributed by atoms with Gasteiger partial charge in [-0.25, -0.2) is 0 Å². The Balaban J connectivity index is 1.41. The van der Waals surface area contributed by atoms with Crippen molar-refractivity contribution in [3.8, 4) is 11.5 Å². The van der Waals surface area contributed by atoms with Crippen LogP contribution in [0.3, 0.4) is 0 Å². The summed E-state index contributed by atoms with van der Waals surface area (Å²) in [4.78, 5) is 29.6. The molecule has 154 valence electrons. The number of hydrogen-bond donors (Lipinski definition) is 1. The summed E-state index contributed by atoms with van der Waals surface area (Å²) in [5.74, 6) is 0.447. The Kier molecular flexibility index (Phi) is 5.63. The van der Waals surface area contributed by atoms with Crippen LogP contribution in [0.1, 0.15) is 30.9 Å². The molecule has 0 radical (unpaired) electrons. The fourth-order valence-corrected chi connectivity index (χ4v) is 4.22. The average molecular weight is 423 g/mol. The van der Waals surface area contributed by atoms with Gasteiger partial charge in [0.15, 0.2) is 5.17 Å². The number of carboxylic acid groups (broad SMARTS) is 1. The number of carbonyl (C=O) groups is 2. The number of aliphatic carboxylic acids is 1. The minimum absolute atomic E-state index is 0.292. The minimum Gasteiger partial charge on any atom is -0.481 e. The number of amidine groups is 1. The summed E-state index contributed by atoms with van der Waals surface area (Å²) < 4.78 is 6.05. The number of nitrogens with zero attached hydrogens (tertiary/aromatic N) is 2. The number of rotatable bonds is 5. The molecule has 30 heavy (non-hydrogen) atoms. The molecule has 2 aromatic rings. The predicted octanol–water partition coefficient (Wildman–Crippen LogP) is 4.59. The van der Waals surface area contributed by atoms with E-state index in [2.05, 4.69) is 24.9 Å². The van der Waals surface area contributed by atoms with Crippen molar-refractivity contribution in [1.82, 2.24) is 4.90 Å². The summed E-state index contributed by atoms with van der Waals surface area (Å²) in [6.45, 7) is 5.05. The molecule has 6 nitrogen and oxygen atoms in total. The van der Waals surface area contributed by atoms with Crippen molar-refractivity contribution in [1.29, 1.82) is 0 Å². The second-order valence-electron chi connectivity index (χ2n) is 7.61. The molecule has 2 aromatic carbocycles. The van der Waals surface area contributed by atoms with E-state index in [0.29, 0.717) is 29.1 Å². The predicted molar refractivity (Wildman–Crippen MR) is 118 cm³/mol. The number of ether oxygens (including phenoxy) is 1. The molecule has 1 amide bonds. The SMILES string of the molecule is CC(C)c1ccccc1Oc1ccc(C=C2SC(N3CC(C(=O)O)C3)=NC2=O)cc1. The first-order valence-electron chi connectivity index (χ1n) is 9.78. The third-order valence-electron chi connectivity index (χ3n) is 5.06. The van der Waals surface area contributed by atoms with Gasteiger partial charge in [-0.05, 0) is 53.1 Å². The molecule has 2 aliphatic rings. The lowest BCUT2D eigenvalue weighted by Gasteiger charge is -2.37. The number of aliphatic imine (C=N–C) groups is 1. The van der Waals surface area contributed by atoms with Crippen LogP contribution in [0.25, 0.3) is 6.08 Å². The molecule has 0 atom stereocenters. The van der Waals surface area contributed by atoms with Gasteiger partial charge < -0.3 is 14.7 Å². The number of hydrogen-bond acceptors (Lipinski definition) is 5. The largest absolute Gasteiger partial charge is 0.481 e. The number of carbonyl (C=O) groups excluding carboxylic acids is 1. The van der Waals surface area contributed by atoms with Crippen molar-refractivity contribution in [2.45, 2.75) is 19.8 Å². The van der Waals surface area contributed by atoms with Crippen molar-refractivity contribution in [3.05, 3.63) is 64.6 Å². The Morgan fingerprint density at radius 2 is 1.90 bits per heavy atom. The number of thioether (sulfide) groups is 1. The van der Waals surface area contributed by atoms with Crippen LogP contribution in [0.4, 0.5) is 0 Å². The molecule has 2 aliphatic heterocycles. The third-order valence-corrected chi connectivity index (χ3v) is 6.10. The standard InChI is InChI=1S/C23H22N2O4S/c1-14(2)18-5-3-4-6-19(18)29-17-9-7-15(8-10-17)11-20-21(26)24-23(30-20)25-12-16(13-25)22(27)28/h3-11,14,16H,12-13H2,1-2H3,(H,27,28). The van der Waals surface area contributed by atoms with Gasteiger partial charge in [0.1, 0.15) is 11.5 Å². The molecule has 0 saturated carbocycles. The fourth-order valence-electron chi connectivity index (χ4n) is 3.29. The molecule has 1 N–H and O–H groups in total. The van der Waals surface area contributed by atoms with Crippen LogP contribution in [0, 0.1) is 5.92 Å². The van der Waals surface area contributed by atoms with Gasteiger partial charge in [-0.1, -0.05) is 44.2 Å². The number of para-hydroxylation sites is 1. The molecule has 0 spiro atoms.